The van der Waals surface area contributed by atoms with Crippen LogP contribution in [0.25, 0.3) is 0 Å². The van der Waals surface area contributed by atoms with Crippen LogP contribution in [0.15, 0.2) is 40.9 Å². The predicted octanol–water partition coefficient (Wildman–Crippen LogP) is 4.33. The molecule has 0 bridgehead atoms. The number of hydrogen-bond donors (Lipinski definition) is 2. The molecule has 1 aromatic heterocycles. The summed E-state index contributed by atoms with van der Waals surface area (Å²) in [5.74, 6) is 0.897. The molecule has 6 nitrogen and oxygen atoms in total. The van der Waals surface area contributed by atoms with Gasteiger partial charge in [0, 0.05) is 4.47 Å². The average molecular weight is 365 g/mol. The van der Waals surface area contributed by atoms with E-state index in [9.17, 15) is 4.79 Å². The lowest BCUT2D eigenvalue weighted by molar-refractivity contribution is 0.0635. The molecular formula is C15H17BrN4O2. The summed E-state index contributed by atoms with van der Waals surface area (Å²) in [7, 11) is 0. The first kappa shape index (κ1) is 16.2. The first-order valence-corrected chi connectivity index (χ1v) is 7.48. The van der Waals surface area contributed by atoms with Gasteiger partial charge in [0.15, 0.2) is 11.6 Å². The third-order valence-electron chi connectivity index (χ3n) is 2.43. The van der Waals surface area contributed by atoms with E-state index < -0.39 is 11.7 Å². The molecule has 0 saturated heterocycles. The topological polar surface area (TPSA) is 76.1 Å². The standard InChI is InChI=1S/C15H17BrN4O2/c1-15(2,3)22-14(21)18-13-9-8-12(19-20-13)17-11-7-5-4-6-10(11)16/h4-9H,1-3H3,(H,17,19)(H,18,20,21). The first-order chi connectivity index (χ1) is 10.3. The Hall–Kier alpha value is -2.15. The highest BCUT2D eigenvalue weighted by molar-refractivity contribution is 9.10. The molecule has 1 aromatic carbocycles. The Bertz CT molecular complexity index is 653. The van der Waals surface area contributed by atoms with Crippen molar-refractivity contribution in [2.24, 2.45) is 0 Å². The fourth-order valence-corrected chi connectivity index (χ4v) is 1.96. The molecule has 1 amide bonds. The van der Waals surface area contributed by atoms with E-state index >= 15 is 0 Å². The van der Waals surface area contributed by atoms with Crippen LogP contribution < -0.4 is 10.6 Å². The summed E-state index contributed by atoms with van der Waals surface area (Å²) in [6, 6.07) is 11.1. The number of nitrogens with one attached hydrogen (secondary N) is 2. The second kappa shape index (κ2) is 6.74. The monoisotopic (exact) mass is 364 g/mol. The van der Waals surface area contributed by atoms with E-state index in [1.165, 1.54) is 0 Å². The van der Waals surface area contributed by atoms with Gasteiger partial charge in [-0.05, 0) is 61.0 Å². The van der Waals surface area contributed by atoms with Gasteiger partial charge in [0.1, 0.15) is 5.60 Å². The van der Waals surface area contributed by atoms with Crippen molar-refractivity contribution in [2.75, 3.05) is 10.6 Å². The molecule has 2 N–H and O–H groups in total. The number of nitrogens with zero attached hydrogens (tertiary/aromatic N) is 2. The number of ether oxygens (including phenoxy) is 1. The van der Waals surface area contributed by atoms with Crippen LogP contribution in [0.3, 0.4) is 0 Å². The van der Waals surface area contributed by atoms with Gasteiger partial charge >= 0.3 is 6.09 Å². The van der Waals surface area contributed by atoms with Gasteiger partial charge in [0.2, 0.25) is 0 Å². The number of halogens is 1. The van der Waals surface area contributed by atoms with Crippen LogP contribution in [0.2, 0.25) is 0 Å². The molecule has 0 spiro atoms. The minimum absolute atomic E-state index is 0.326. The number of benzene rings is 1. The van der Waals surface area contributed by atoms with Crippen molar-refractivity contribution < 1.29 is 9.53 Å². The Morgan fingerprint density at radius 1 is 1.09 bits per heavy atom. The summed E-state index contributed by atoms with van der Waals surface area (Å²) in [6.07, 6.45) is -0.562. The molecular weight excluding hydrogens is 348 g/mol. The largest absolute Gasteiger partial charge is 0.444 e. The molecule has 0 fully saturated rings. The maximum Gasteiger partial charge on any atom is 0.413 e. The zero-order valence-electron chi connectivity index (χ0n) is 12.6. The van der Waals surface area contributed by atoms with Crippen LogP contribution >= 0.6 is 15.9 Å². The minimum Gasteiger partial charge on any atom is -0.444 e. The van der Waals surface area contributed by atoms with Gasteiger partial charge in [-0.15, -0.1) is 10.2 Å². The first-order valence-electron chi connectivity index (χ1n) is 6.69. The molecule has 7 heteroatoms. The van der Waals surface area contributed by atoms with Crippen molar-refractivity contribution >= 4 is 39.3 Å². The van der Waals surface area contributed by atoms with E-state index in [0.717, 1.165) is 10.2 Å². The lowest BCUT2D eigenvalue weighted by Gasteiger charge is -2.19. The molecule has 22 heavy (non-hydrogen) atoms. The van der Waals surface area contributed by atoms with E-state index in [-0.39, 0.29) is 0 Å². The minimum atomic E-state index is -0.562. The number of anilines is 3. The van der Waals surface area contributed by atoms with Crippen molar-refractivity contribution in [1.82, 2.24) is 10.2 Å². The maximum atomic E-state index is 11.6. The SMILES string of the molecule is CC(C)(C)OC(=O)Nc1ccc(Nc2ccccc2Br)nn1. The van der Waals surface area contributed by atoms with Crippen molar-refractivity contribution in [3.8, 4) is 0 Å². The van der Waals surface area contributed by atoms with Crippen LogP contribution in [0.1, 0.15) is 20.8 Å². The quantitative estimate of drug-likeness (QED) is 0.847. The second-order valence-corrected chi connectivity index (χ2v) is 6.39. The van der Waals surface area contributed by atoms with Gasteiger partial charge in [-0.25, -0.2) is 4.79 Å². The predicted molar refractivity (Wildman–Crippen MR) is 89.3 cm³/mol. The molecule has 0 aliphatic heterocycles. The number of carbonyl (C=O) groups excluding carboxylic acids is 1. The molecule has 0 radical (unpaired) electrons. The number of hydrogen-bond acceptors (Lipinski definition) is 5. The van der Waals surface area contributed by atoms with Crippen LogP contribution in [0, 0.1) is 0 Å². The van der Waals surface area contributed by atoms with Gasteiger partial charge in [0.05, 0.1) is 5.69 Å². The van der Waals surface area contributed by atoms with Crippen molar-refractivity contribution in [1.29, 1.82) is 0 Å². The van der Waals surface area contributed by atoms with Crippen LogP contribution in [0.4, 0.5) is 22.1 Å². The van der Waals surface area contributed by atoms with E-state index in [0.29, 0.717) is 11.6 Å². The summed E-state index contributed by atoms with van der Waals surface area (Å²) in [4.78, 5) is 11.6. The number of carbonyl (C=O) groups is 1. The second-order valence-electron chi connectivity index (χ2n) is 5.54. The zero-order chi connectivity index (χ0) is 16.2. The van der Waals surface area contributed by atoms with Gasteiger partial charge in [0.25, 0.3) is 0 Å². The fourth-order valence-electron chi connectivity index (χ4n) is 1.57. The summed E-state index contributed by atoms with van der Waals surface area (Å²) >= 11 is 3.44. The molecule has 2 aromatic rings. The highest BCUT2D eigenvalue weighted by Crippen LogP contribution is 2.24. The Morgan fingerprint density at radius 3 is 2.32 bits per heavy atom. The summed E-state index contributed by atoms with van der Waals surface area (Å²) in [5.41, 5.74) is 0.322. The lowest BCUT2D eigenvalue weighted by Crippen LogP contribution is -2.27. The number of para-hydroxylation sites is 1. The van der Waals surface area contributed by atoms with E-state index in [2.05, 4.69) is 36.8 Å². The Balaban J connectivity index is 1.99. The van der Waals surface area contributed by atoms with Crippen molar-refractivity contribution in [3.05, 3.63) is 40.9 Å². The summed E-state index contributed by atoms with van der Waals surface area (Å²) < 4.78 is 6.07. The maximum absolute atomic E-state index is 11.6. The van der Waals surface area contributed by atoms with E-state index in [1.807, 2.05) is 24.3 Å². The van der Waals surface area contributed by atoms with Gasteiger partial charge in [-0.2, -0.15) is 0 Å². The Morgan fingerprint density at radius 2 is 1.73 bits per heavy atom. The van der Waals surface area contributed by atoms with Crippen LogP contribution in [-0.4, -0.2) is 21.9 Å². The third-order valence-corrected chi connectivity index (χ3v) is 3.12. The highest BCUT2D eigenvalue weighted by Gasteiger charge is 2.16. The lowest BCUT2D eigenvalue weighted by atomic mass is 10.2. The van der Waals surface area contributed by atoms with Gasteiger partial charge < -0.3 is 10.1 Å². The smallest absolute Gasteiger partial charge is 0.413 e. The molecule has 2 rings (SSSR count). The third kappa shape index (κ3) is 5.00. The molecule has 0 atom stereocenters. The molecule has 0 aliphatic carbocycles. The van der Waals surface area contributed by atoms with E-state index in [1.54, 1.807) is 32.9 Å². The highest BCUT2D eigenvalue weighted by atomic mass is 79.9. The van der Waals surface area contributed by atoms with Crippen molar-refractivity contribution in [2.45, 2.75) is 26.4 Å². The number of amides is 1. The van der Waals surface area contributed by atoms with Crippen LogP contribution in [0.5, 0.6) is 0 Å². The average Bonchev–Trinajstić information content (AvgIpc) is 2.41. The molecule has 1 heterocycles. The summed E-state index contributed by atoms with van der Waals surface area (Å²) in [6.45, 7) is 5.38. The van der Waals surface area contributed by atoms with Crippen LogP contribution in [-0.2, 0) is 4.74 Å². The van der Waals surface area contributed by atoms with Gasteiger partial charge in [-0.3, -0.25) is 5.32 Å². The fraction of sp³-hybridized carbons (Fsp3) is 0.267. The molecule has 116 valence electrons. The normalized spacial score (nSPS) is 10.9. The molecule has 0 saturated carbocycles. The Labute approximate surface area is 137 Å². The molecule has 0 aliphatic rings. The molecule has 0 unspecified atom stereocenters. The van der Waals surface area contributed by atoms with Crippen molar-refractivity contribution in [3.63, 3.8) is 0 Å². The van der Waals surface area contributed by atoms with Gasteiger partial charge in [-0.1, -0.05) is 12.1 Å². The zero-order valence-corrected chi connectivity index (χ0v) is 14.1. The van der Waals surface area contributed by atoms with E-state index in [4.69, 9.17) is 4.74 Å². The number of rotatable bonds is 3. The Kier molecular flexibility index (Phi) is 4.97. The summed E-state index contributed by atoms with van der Waals surface area (Å²) in [5, 5.41) is 13.6. The number of aromatic nitrogens is 2.